The van der Waals surface area contributed by atoms with Gasteiger partial charge in [-0.2, -0.15) is 0 Å². The summed E-state index contributed by atoms with van der Waals surface area (Å²) in [5.41, 5.74) is 14.8. The molecule has 1 unspecified atom stereocenters. The van der Waals surface area contributed by atoms with E-state index in [1.54, 1.807) is 0 Å². The number of amides is 1. The topological polar surface area (TPSA) is 84.7 Å². The van der Waals surface area contributed by atoms with Crippen LogP contribution in [0.3, 0.4) is 0 Å². The molecule has 7 bridgehead atoms. The maximum Gasteiger partial charge on any atom is 0.312 e. The lowest BCUT2D eigenvalue weighted by molar-refractivity contribution is -0.151. The third-order valence-electron chi connectivity index (χ3n) is 8.82. The lowest BCUT2D eigenvalue weighted by Crippen LogP contribution is -2.36. The second-order valence-corrected chi connectivity index (χ2v) is 11.8. The second kappa shape index (κ2) is 11.4. The molecule has 3 aromatic rings. The van der Waals surface area contributed by atoms with Crippen molar-refractivity contribution in [2.45, 2.75) is 65.3 Å². The largest absolute Gasteiger partial charge is 0.469 e. The summed E-state index contributed by atoms with van der Waals surface area (Å²) in [4.78, 5) is 28.6. The lowest BCUT2D eigenvalue weighted by atomic mass is 9.69. The van der Waals surface area contributed by atoms with E-state index in [-0.39, 0.29) is 17.8 Å². The molecule has 5 aliphatic rings. The first-order valence-corrected chi connectivity index (χ1v) is 14.4. The molecule has 6 heteroatoms. The Bertz CT molecular complexity index is 1410. The van der Waals surface area contributed by atoms with Crippen molar-refractivity contribution in [1.82, 2.24) is 4.90 Å². The average Bonchev–Trinajstić information content (AvgIpc) is 2.96. The molecular formula is C34H41N3O3. The molecule has 6 nitrogen and oxygen atoms in total. The summed E-state index contributed by atoms with van der Waals surface area (Å²) in [7, 11) is 1.44. The molecule has 0 radical (unpaired) electrons. The van der Waals surface area contributed by atoms with Gasteiger partial charge < -0.3 is 20.7 Å². The van der Waals surface area contributed by atoms with E-state index in [1.165, 1.54) is 18.2 Å². The highest BCUT2D eigenvalue weighted by atomic mass is 16.5. The van der Waals surface area contributed by atoms with E-state index in [0.717, 1.165) is 72.2 Å². The predicted octanol–water partition coefficient (Wildman–Crippen LogP) is 6.25. The SMILES string of the molecule is COC(=O)C(C)(C)C1c2ccc3c(c2)CN(CC3)C(=O)c2ccc(cc2)CCCCCNc2ccc1c(C)c2N. The van der Waals surface area contributed by atoms with Gasteiger partial charge in [0, 0.05) is 31.1 Å². The normalized spacial score (nSPS) is 17.9. The maximum atomic E-state index is 13.5. The highest BCUT2D eigenvalue weighted by Gasteiger charge is 2.41. The summed E-state index contributed by atoms with van der Waals surface area (Å²) in [6.07, 6.45) is 5.04. The van der Waals surface area contributed by atoms with Crippen molar-refractivity contribution in [3.63, 3.8) is 0 Å². The number of anilines is 2. The summed E-state index contributed by atoms with van der Waals surface area (Å²) < 4.78 is 5.29. The van der Waals surface area contributed by atoms with Crippen LogP contribution in [0.1, 0.15) is 82.8 Å². The Kier molecular flexibility index (Phi) is 7.88. The van der Waals surface area contributed by atoms with Crippen molar-refractivity contribution in [1.29, 1.82) is 0 Å². The molecule has 210 valence electrons. The van der Waals surface area contributed by atoms with Crippen LogP contribution in [0.2, 0.25) is 0 Å². The van der Waals surface area contributed by atoms with E-state index >= 15 is 0 Å². The summed E-state index contributed by atoms with van der Waals surface area (Å²) in [6.45, 7) is 7.98. The molecule has 40 heavy (non-hydrogen) atoms. The van der Waals surface area contributed by atoms with Crippen molar-refractivity contribution in [3.05, 3.63) is 93.5 Å². The quantitative estimate of drug-likeness (QED) is 0.297. The van der Waals surface area contributed by atoms with E-state index in [2.05, 4.69) is 41.7 Å². The number of hydrogen-bond acceptors (Lipinski definition) is 5. The number of benzene rings is 3. The van der Waals surface area contributed by atoms with E-state index in [1.807, 2.05) is 43.9 Å². The van der Waals surface area contributed by atoms with E-state index < -0.39 is 5.41 Å². The third-order valence-corrected chi connectivity index (χ3v) is 8.82. The van der Waals surface area contributed by atoms with Crippen LogP contribution in [0.15, 0.2) is 54.6 Å². The highest BCUT2D eigenvalue weighted by Crippen LogP contribution is 2.45. The van der Waals surface area contributed by atoms with Crippen LogP contribution < -0.4 is 11.1 Å². The Hall–Kier alpha value is -3.80. The molecule has 8 rings (SSSR count). The van der Waals surface area contributed by atoms with E-state index in [9.17, 15) is 9.59 Å². The van der Waals surface area contributed by atoms with Crippen LogP contribution in [-0.2, 0) is 28.9 Å². The van der Waals surface area contributed by atoms with E-state index in [4.69, 9.17) is 10.5 Å². The molecule has 0 aliphatic carbocycles. The van der Waals surface area contributed by atoms with Crippen LogP contribution in [0.4, 0.5) is 11.4 Å². The van der Waals surface area contributed by atoms with E-state index in [0.29, 0.717) is 18.8 Å². The molecular weight excluding hydrogens is 498 g/mol. The number of methoxy groups -OCH3 is 1. The van der Waals surface area contributed by atoms with Crippen molar-refractivity contribution < 1.29 is 14.3 Å². The molecule has 0 aromatic heterocycles. The number of carbonyl (C=O) groups is 2. The molecule has 5 heterocycles. The first-order valence-electron chi connectivity index (χ1n) is 14.4. The Labute approximate surface area is 237 Å². The number of aryl methyl sites for hydroxylation is 1. The Morgan fingerprint density at radius 2 is 1.77 bits per heavy atom. The molecule has 0 fully saturated rings. The van der Waals surface area contributed by atoms with Gasteiger partial charge in [0.25, 0.3) is 5.91 Å². The Morgan fingerprint density at radius 1 is 1.00 bits per heavy atom. The van der Waals surface area contributed by atoms with Gasteiger partial charge >= 0.3 is 5.97 Å². The first-order chi connectivity index (χ1) is 19.2. The summed E-state index contributed by atoms with van der Waals surface area (Å²) in [5.74, 6) is -0.499. The Balaban J connectivity index is 1.61. The standard InChI is InChI=1S/C34H41N3O3/c1-22-28-15-16-29(31(22)35)36-18-7-5-6-8-23-9-11-25(12-10-23)32(38)37-19-17-24-13-14-26(20-27(24)21-37)30(28)34(2,3)33(39)40-4/h9-16,20,30,36H,5-8,17-19,21,35H2,1-4H3. The zero-order chi connectivity index (χ0) is 28.4. The molecule has 0 spiro atoms. The van der Waals surface area contributed by atoms with Crippen LogP contribution in [-0.4, -0.2) is 37.0 Å². The number of nitrogens with zero attached hydrogens (tertiary/aromatic N) is 1. The third kappa shape index (κ3) is 5.32. The molecule has 1 amide bonds. The minimum atomic E-state index is -0.851. The number of rotatable bonds is 2. The van der Waals surface area contributed by atoms with Gasteiger partial charge in [-0.05, 0) is 98.0 Å². The van der Waals surface area contributed by atoms with Crippen molar-refractivity contribution in [3.8, 4) is 0 Å². The number of hydrogen-bond donors (Lipinski definition) is 2. The average molecular weight is 540 g/mol. The second-order valence-electron chi connectivity index (χ2n) is 11.8. The van der Waals surface area contributed by atoms with Gasteiger partial charge in [0.2, 0.25) is 0 Å². The van der Waals surface area contributed by atoms with Crippen molar-refractivity contribution in [2.75, 3.05) is 31.2 Å². The number of nitrogens with one attached hydrogen (secondary N) is 1. The zero-order valence-electron chi connectivity index (χ0n) is 24.2. The fourth-order valence-electron chi connectivity index (χ4n) is 6.36. The smallest absolute Gasteiger partial charge is 0.312 e. The molecule has 5 aliphatic heterocycles. The molecule has 0 saturated carbocycles. The summed E-state index contributed by atoms with van der Waals surface area (Å²) >= 11 is 0. The minimum absolute atomic E-state index is 0.0604. The van der Waals surface area contributed by atoms with Crippen LogP contribution in [0.5, 0.6) is 0 Å². The number of esters is 1. The fraction of sp³-hybridized carbons (Fsp3) is 0.412. The van der Waals surface area contributed by atoms with Gasteiger partial charge in [0.15, 0.2) is 0 Å². The number of carbonyl (C=O) groups excluding carboxylic acids is 2. The predicted molar refractivity (Wildman–Crippen MR) is 161 cm³/mol. The number of nitrogen functional groups attached to an aromatic ring is 1. The van der Waals surface area contributed by atoms with Gasteiger partial charge in [-0.25, -0.2) is 0 Å². The Morgan fingerprint density at radius 3 is 2.52 bits per heavy atom. The van der Waals surface area contributed by atoms with Gasteiger partial charge in [0.1, 0.15) is 0 Å². The number of ether oxygens (including phenoxy) is 1. The monoisotopic (exact) mass is 539 g/mol. The molecule has 1 atom stereocenters. The highest BCUT2D eigenvalue weighted by molar-refractivity contribution is 5.94. The summed E-state index contributed by atoms with van der Waals surface area (Å²) in [6, 6.07) is 18.7. The molecule has 3 aromatic carbocycles. The molecule has 0 saturated heterocycles. The van der Waals surface area contributed by atoms with Gasteiger partial charge in [-0.3, -0.25) is 9.59 Å². The first kappa shape index (κ1) is 27.8. The van der Waals surface area contributed by atoms with Crippen molar-refractivity contribution >= 4 is 23.3 Å². The number of nitrogens with two attached hydrogens (primary N) is 1. The van der Waals surface area contributed by atoms with Crippen LogP contribution in [0.25, 0.3) is 0 Å². The fourth-order valence-corrected chi connectivity index (χ4v) is 6.36. The zero-order valence-corrected chi connectivity index (χ0v) is 24.2. The van der Waals surface area contributed by atoms with Crippen molar-refractivity contribution in [2.24, 2.45) is 5.41 Å². The molecule has 3 N–H and O–H groups in total. The van der Waals surface area contributed by atoms with Gasteiger partial charge in [0.05, 0.1) is 23.9 Å². The van der Waals surface area contributed by atoms with Gasteiger partial charge in [-0.15, -0.1) is 0 Å². The maximum absolute atomic E-state index is 13.5. The van der Waals surface area contributed by atoms with Crippen LogP contribution in [0, 0.1) is 12.3 Å². The van der Waals surface area contributed by atoms with Crippen LogP contribution >= 0.6 is 0 Å². The summed E-state index contributed by atoms with van der Waals surface area (Å²) in [5, 5.41) is 3.53. The lowest BCUT2D eigenvalue weighted by Gasteiger charge is -2.35. The van der Waals surface area contributed by atoms with Gasteiger partial charge in [-0.1, -0.05) is 42.8 Å². The minimum Gasteiger partial charge on any atom is -0.469 e.